The molecule has 24 heavy (non-hydrogen) atoms. The van der Waals surface area contributed by atoms with Crippen LogP contribution in [0.4, 0.5) is 0 Å². The highest BCUT2D eigenvalue weighted by atomic mass is 35.5. The molecule has 0 aliphatic carbocycles. The van der Waals surface area contributed by atoms with E-state index in [-0.39, 0.29) is 12.3 Å². The third kappa shape index (κ3) is 4.18. The van der Waals surface area contributed by atoms with Gasteiger partial charge in [0.15, 0.2) is 0 Å². The van der Waals surface area contributed by atoms with Gasteiger partial charge in [-0.2, -0.15) is 0 Å². The Bertz CT molecular complexity index is 727. The molecule has 1 aliphatic rings. The predicted molar refractivity (Wildman–Crippen MR) is 101 cm³/mol. The van der Waals surface area contributed by atoms with Crippen LogP contribution in [0.5, 0.6) is 0 Å². The lowest BCUT2D eigenvalue weighted by Crippen LogP contribution is -2.25. The van der Waals surface area contributed by atoms with Crippen LogP contribution in [0.25, 0.3) is 5.57 Å². The summed E-state index contributed by atoms with van der Waals surface area (Å²) in [6.45, 7) is 8.23. The van der Waals surface area contributed by atoms with E-state index in [1.54, 1.807) is 13.1 Å². The van der Waals surface area contributed by atoms with E-state index in [1.807, 2.05) is 17.2 Å². The van der Waals surface area contributed by atoms with Crippen molar-refractivity contribution in [2.45, 2.75) is 26.7 Å². The second-order valence-electron chi connectivity index (χ2n) is 5.70. The lowest BCUT2D eigenvalue weighted by molar-refractivity contribution is -0.120. The van der Waals surface area contributed by atoms with Crippen LogP contribution in [0.15, 0.2) is 65.6 Å². The Balaban J connectivity index is 2.57. The minimum absolute atomic E-state index is 0.0464. The Hall–Kier alpha value is -2.26. The van der Waals surface area contributed by atoms with Crippen molar-refractivity contribution in [1.29, 1.82) is 0 Å². The molecule has 3 nitrogen and oxygen atoms in total. The van der Waals surface area contributed by atoms with Crippen LogP contribution < -0.4 is 5.32 Å². The van der Waals surface area contributed by atoms with E-state index < -0.39 is 0 Å². The molecule has 0 saturated carbocycles. The van der Waals surface area contributed by atoms with Gasteiger partial charge >= 0.3 is 0 Å². The lowest BCUT2D eigenvalue weighted by atomic mass is 9.97. The summed E-state index contributed by atoms with van der Waals surface area (Å²) in [7, 11) is 1.64. The summed E-state index contributed by atoms with van der Waals surface area (Å²) in [6.07, 6.45) is 6.53. The molecule has 1 aliphatic heterocycles. The smallest absolute Gasteiger partial charge is 0.225 e. The van der Waals surface area contributed by atoms with Gasteiger partial charge in [0.2, 0.25) is 5.91 Å². The van der Waals surface area contributed by atoms with E-state index in [9.17, 15) is 4.79 Å². The van der Waals surface area contributed by atoms with Crippen LogP contribution in [0.3, 0.4) is 0 Å². The molecule has 1 heterocycles. The Kier molecular flexibility index (Phi) is 6.04. The van der Waals surface area contributed by atoms with Gasteiger partial charge in [0, 0.05) is 24.6 Å². The van der Waals surface area contributed by atoms with Gasteiger partial charge in [-0.05, 0) is 36.6 Å². The molecule has 0 bridgehead atoms. The van der Waals surface area contributed by atoms with Gasteiger partial charge in [0.1, 0.15) is 0 Å². The number of hydrogen-bond acceptors (Lipinski definition) is 2. The highest BCUT2D eigenvalue weighted by molar-refractivity contribution is 6.31. The van der Waals surface area contributed by atoms with E-state index in [0.717, 1.165) is 29.0 Å². The van der Waals surface area contributed by atoms with Crippen molar-refractivity contribution < 1.29 is 4.79 Å². The standard InChI is InChI=1S/C20H23ClN2O/c1-5-18(16-9-6-14(2)7-10-16)19(12-20(24)22-4)23-13-17(21)11-8-15(23)3/h6-11,13H,3,5,12H2,1-2,4H3,(H,22,24)/b19-18+. The van der Waals surface area contributed by atoms with Crippen molar-refractivity contribution in [1.82, 2.24) is 10.2 Å². The number of amides is 1. The highest BCUT2D eigenvalue weighted by Gasteiger charge is 2.20. The van der Waals surface area contributed by atoms with Crippen LogP contribution >= 0.6 is 11.6 Å². The van der Waals surface area contributed by atoms with E-state index in [2.05, 4.69) is 50.0 Å². The molecule has 1 N–H and O–H groups in total. The lowest BCUT2D eigenvalue weighted by Gasteiger charge is -2.29. The summed E-state index contributed by atoms with van der Waals surface area (Å²) in [5.41, 5.74) is 5.10. The van der Waals surface area contributed by atoms with Gasteiger partial charge in [0.05, 0.1) is 11.5 Å². The number of nitrogens with zero attached hydrogens (tertiary/aromatic N) is 1. The van der Waals surface area contributed by atoms with Crippen LogP contribution in [-0.4, -0.2) is 17.9 Å². The zero-order valence-electron chi connectivity index (χ0n) is 14.4. The number of halogens is 1. The number of allylic oxidation sites excluding steroid dienone is 4. The van der Waals surface area contributed by atoms with E-state index in [1.165, 1.54) is 5.56 Å². The SMILES string of the molecule is C=C1C=CC(Cl)=CN1/C(CC(=O)NC)=C(\CC)c1ccc(C)cc1. The molecule has 126 valence electrons. The second-order valence-corrected chi connectivity index (χ2v) is 6.14. The van der Waals surface area contributed by atoms with Gasteiger partial charge in [-0.3, -0.25) is 4.79 Å². The number of rotatable bonds is 5. The molecule has 0 fully saturated rings. The number of aryl methyl sites for hydroxylation is 1. The maximum atomic E-state index is 12.1. The van der Waals surface area contributed by atoms with Crippen molar-refractivity contribution in [2.75, 3.05) is 7.05 Å². The average Bonchev–Trinajstić information content (AvgIpc) is 2.58. The molecule has 0 aromatic heterocycles. The van der Waals surface area contributed by atoms with Crippen LogP contribution in [0, 0.1) is 6.92 Å². The van der Waals surface area contributed by atoms with Crippen molar-refractivity contribution in [2.24, 2.45) is 0 Å². The molecule has 1 aromatic rings. The zero-order valence-corrected chi connectivity index (χ0v) is 15.2. The third-order valence-electron chi connectivity index (χ3n) is 4.00. The van der Waals surface area contributed by atoms with Crippen molar-refractivity contribution in [3.63, 3.8) is 0 Å². The summed E-state index contributed by atoms with van der Waals surface area (Å²) in [5.74, 6) is -0.0464. The van der Waals surface area contributed by atoms with Gasteiger partial charge in [-0.15, -0.1) is 0 Å². The molecule has 0 atom stereocenters. The minimum atomic E-state index is -0.0464. The first-order valence-corrected chi connectivity index (χ1v) is 8.37. The Morgan fingerprint density at radius 2 is 1.92 bits per heavy atom. The van der Waals surface area contributed by atoms with Gasteiger partial charge in [-0.1, -0.05) is 54.9 Å². The molecular formula is C20H23ClN2O. The van der Waals surface area contributed by atoms with Gasteiger partial charge < -0.3 is 10.2 Å². The monoisotopic (exact) mass is 342 g/mol. The van der Waals surface area contributed by atoms with Crippen molar-refractivity contribution in [3.05, 3.63) is 76.7 Å². The van der Waals surface area contributed by atoms with Gasteiger partial charge in [-0.25, -0.2) is 0 Å². The molecule has 2 rings (SSSR count). The van der Waals surface area contributed by atoms with Crippen LogP contribution in [0.1, 0.15) is 30.9 Å². The molecule has 0 radical (unpaired) electrons. The molecule has 1 amide bonds. The number of carbonyl (C=O) groups excluding carboxylic acids is 1. The summed E-state index contributed by atoms with van der Waals surface area (Å²) >= 11 is 6.17. The molecular weight excluding hydrogens is 320 g/mol. The fourth-order valence-electron chi connectivity index (χ4n) is 2.66. The zero-order chi connectivity index (χ0) is 17.7. The van der Waals surface area contributed by atoms with Crippen LogP contribution in [-0.2, 0) is 4.79 Å². The fraction of sp³-hybridized carbons (Fsp3) is 0.250. The summed E-state index contributed by atoms with van der Waals surface area (Å²) in [6, 6.07) is 8.34. The van der Waals surface area contributed by atoms with E-state index in [4.69, 9.17) is 11.6 Å². The number of benzene rings is 1. The van der Waals surface area contributed by atoms with Crippen molar-refractivity contribution in [3.8, 4) is 0 Å². The fourth-order valence-corrected chi connectivity index (χ4v) is 2.82. The topological polar surface area (TPSA) is 32.3 Å². The molecule has 1 aromatic carbocycles. The first-order chi connectivity index (χ1) is 11.5. The molecule has 4 heteroatoms. The first kappa shape index (κ1) is 18.1. The average molecular weight is 343 g/mol. The van der Waals surface area contributed by atoms with E-state index >= 15 is 0 Å². The Morgan fingerprint density at radius 1 is 1.25 bits per heavy atom. The predicted octanol–water partition coefficient (Wildman–Crippen LogP) is 4.72. The van der Waals surface area contributed by atoms with Crippen LogP contribution in [0.2, 0.25) is 0 Å². The number of hydrogen-bond donors (Lipinski definition) is 1. The minimum Gasteiger partial charge on any atom is -0.359 e. The number of carbonyl (C=O) groups is 1. The summed E-state index contributed by atoms with van der Waals surface area (Å²) in [5, 5.41) is 3.31. The largest absolute Gasteiger partial charge is 0.359 e. The maximum Gasteiger partial charge on any atom is 0.225 e. The Morgan fingerprint density at radius 3 is 2.50 bits per heavy atom. The van der Waals surface area contributed by atoms with Crippen molar-refractivity contribution >= 4 is 23.1 Å². The van der Waals surface area contributed by atoms with Gasteiger partial charge in [0.25, 0.3) is 0 Å². The maximum absolute atomic E-state index is 12.1. The normalized spacial score (nSPS) is 15.1. The quantitative estimate of drug-likeness (QED) is 0.839. The van der Waals surface area contributed by atoms with E-state index in [0.29, 0.717) is 5.03 Å². The Labute approximate surface area is 149 Å². The molecule has 0 saturated heterocycles. The second kappa shape index (κ2) is 8.02. The first-order valence-electron chi connectivity index (χ1n) is 7.99. The summed E-state index contributed by atoms with van der Waals surface area (Å²) in [4.78, 5) is 14.0. The molecule has 0 spiro atoms. The third-order valence-corrected chi connectivity index (χ3v) is 4.22. The number of nitrogens with one attached hydrogen (secondary N) is 1. The highest BCUT2D eigenvalue weighted by Crippen LogP contribution is 2.32. The summed E-state index contributed by atoms with van der Waals surface area (Å²) < 4.78 is 0. The molecule has 0 unspecified atom stereocenters.